The maximum Gasteiger partial charge on any atom is 0.433 e. The molecule has 1 aromatic heterocycles. The van der Waals surface area contributed by atoms with Gasteiger partial charge in [-0.15, -0.1) is 0 Å². The highest BCUT2D eigenvalue weighted by atomic mass is 19.4. The number of benzene rings is 1. The fraction of sp³-hybridized carbons (Fsp3) is 0.571. The molecule has 0 spiro atoms. The van der Waals surface area contributed by atoms with Crippen LogP contribution >= 0.6 is 0 Å². The van der Waals surface area contributed by atoms with Gasteiger partial charge in [0.1, 0.15) is 11.6 Å². The van der Waals surface area contributed by atoms with Crippen LogP contribution in [0.15, 0.2) is 24.4 Å². The Morgan fingerprint density at radius 2 is 1.68 bits per heavy atom. The fourth-order valence-corrected chi connectivity index (χ4v) is 6.08. The van der Waals surface area contributed by atoms with Gasteiger partial charge in [0.2, 0.25) is 0 Å². The van der Waals surface area contributed by atoms with Crippen molar-refractivity contribution in [2.75, 3.05) is 0 Å². The smallest absolute Gasteiger partial charge is 0.433 e. The van der Waals surface area contributed by atoms with E-state index in [-0.39, 0.29) is 37.0 Å². The number of nitrogens with zero attached hydrogens (tertiary/aromatic N) is 2. The van der Waals surface area contributed by atoms with E-state index in [1.807, 2.05) is 13.8 Å². The predicted molar refractivity (Wildman–Crippen MR) is 134 cm³/mol. The SMILES string of the molecule is CC1(C)CC(C(CC(=O)c2c(F)cccc2F)NC(=O)c2cnn(C3CCC(C)(C(=O)O)CC3)c2C(F)(F)F)C1. The number of carboxylic acid groups (broad SMARTS) is 1. The molecule has 40 heavy (non-hydrogen) atoms. The Hall–Kier alpha value is -3.31. The van der Waals surface area contributed by atoms with Gasteiger partial charge < -0.3 is 10.4 Å². The third kappa shape index (κ3) is 5.90. The van der Waals surface area contributed by atoms with Gasteiger partial charge in [0, 0.05) is 12.5 Å². The van der Waals surface area contributed by atoms with Gasteiger partial charge in [0.15, 0.2) is 11.5 Å². The Morgan fingerprint density at radius 3 is 2.17 bits per heavy atom. The van der Waals surface area contributed by atoms with Crippen LogP contribution < -0.4 is 5.32 Å². The number of amides is 1. The second kappa shape index (κ2) is 10.6. The highest BCUT2D eigenvalue weighted by Crippen LogP contribution is 2.47. The van der Waals surface area contributed by atoms with E-state index in [0.29, 0.717) is 12.8 Å². The number of aliphatic carboxylic acids is 1. The van der Waals surface area contributed by atoms with E-state index in [1.165, 1.54) is 0 Å². The van der Waals surface area contributed by atoms with Crippen molar-refractivity contribution >= 4 is 17.7 Å². The van der Waals surface area contributed by atoms with E-state index in [9.17, 15) is 41.4 Å². The average molecular weight is 570 g/mol. The molecule has 2 aliphatic carbocycles. The Bertz CT molecular complexity index is 1280. The first-order valence-electron chi connectivity index (χ1n) is 13.2. The lowest BCUT2D eigenvalue weighted by molar-refractivity contribution is -0.152. The van der Waals surface area contributed by atoms with E-state index < -0.39 is 76.2 Å². The number of carbonyl (C=O) groups excluding carboxylic acids is 2. The van der Waals surface area contributed by atoms with Gasteiger partial charge in [-0.25, -0.2) is 8.78 Å². The lowest BCUT2D eigenvalue weighted by Crippen LogP contribution is -2.49. The number of hydrogen-bond donors (Lipinski definition) is 2. The molecule has 12 heteroatoms. The van der Waals surface area contributed by atoms with Crippen LogP contribution in [0.5, 0.6) is 0 Å². The molecule has 1 heterocycles. The molecule has 0 saturated heterocycles. The summed E-state index contributed by atoms with van der Waals surface area (Å²) in [7, 11) is 0. The fourth-order valence-electron chi connectivity index (χ4n) is 6.08. The second-order valence-corrected chi connectivity index (χ2v) is 12.1. The summed E-state index contributed by atoms with van der Waals surface area (Å²) in [6.07, 6.45) is -2.92. The molecule has 2 saturated carbocycles. The predicted octanol–water partition coefficient (Wildman–Crippen LogP) is 6.19. The minimum absolute atomic E-state index is 0.118. The minimum atomic E-state index is -4.95. The first kappa shape index (κ1) is 29.7. The molecule has 218 valence electrons. The third-order valence-corrected chi connectivity index (χ3v) is 8.39. The molecule has 2 aromatic rings. The van der Waals surface area contributed by atoms with E-state index in [4.69, 9.17) is 0 Å². The number of nitrogens with one attached hydrogen (secondary N) is 1. The molecule has 4 rings (SSSR count). The summed E-state index contributed by atoms with van der Waals surface area (Å²) in [4.78, 5) is 37.7. The number of carboxylic acids is 1. The first-order valence-corrected chi connectivity index (χ1v) is 13.2. The number of rotatable bonds is 8. The van der Waals surface area contributed by atoms with Gasteiger partial charge in [-0.3, -0.25) is 19.1 Å². The summed E-state index contributed by atoms with van der Waals surface area (Å²) in [5.41, 5.74) is -3.90. The monoisotopic (exact) mass is 569 g/mol. The largest absolute Gasteiger partial charge is 0.481 e. The summed E-state index contributed by atoms with van der Waals surface area (Å²) in [5.74, 6) is -5.42. The number of Topliss-reactive ketones (excluding diaryl/α,β-unsaturated/α-hetero) is 1. The standard InChI is InChI=1S/C28H32F5N3O4/c1-26(2)12-15(13-26)20(11-21(37)22-18(29)5-4-6-19(22)30)35-24(38)17-14-34-36(23(17)28(31,32)33)16-7-9-27(3,10-8-16)25(39)40/h4-6,14-16,20H,7-13H2,1-3H3,(H,35,38)(H,39,40). The van der Waals surface area contributed by atoms with Gasteiger partial charge in [0.05, 0.1) is 28.8 Å². The summed E-state index contributed by atoms with van der Waals surface area (Å²) in [6.45, 7) is 5.48. The van der Waals surface area contributed by atoms with Crippen LogP contribution in [0.4, 0.5) is 22.0 Å². The van der Waals surface area contributed by atoms with Crippen LogP contribution in [0.3, 0.4) is 0 Å². The maximum atomic E-state index is 14.3. The molecule has 0 bridgehead atoms. The van der Waals surface area contributed by atoms with Gasteiger partial charge in [-0.2, -0.15) is 18.3 Å². The zero-order valence-corrected chi connectivity index (χ0v) is 22.4. The minimum Gasteiger partial charge on any atom is -0.481 e. The summed E-state index contributed by atoms with van der Waals surface area (Å²) in [6, 6.07) is 1.27. The van der Waals surface area contributed by atoms with Crippen molar-refractivity contribution in [2.24, 2.45) is 16.7 Å². The summed E-state index contributed by atoms with van der Waals surface area (Å²) in [5, 5.41) is 15.9. The van der Waals surface area contributed by atoms with Gasteiger partial charge in [-0.1, -0.05) is 19.9 Å². The zero-order chi connectivity index (χ0) is 29.6. The topological polar surface area (TPSA) is 101 Å². The Kier molecular flexibility index (Phi) is 7.85. The van der Waals surface area contributed by atoms with Crippen LogP contribution in [0.25, 0.3) is 0 Å². The molecule has 1 atom stereocenters. The number of aromatic nitrogens is 2. The molecule has 1 aromatic carbocycles. The Morgan fingerprint density at radius 1 is 1.10 bits per heavy atom. The number of carbonyl (C=O) groups is 3. The van der Waals surface area contributed by atoms with Gasteiger partial charge >= 0.3 is 12.1 Å². The maximum absolute atomic E-state index is 14.3. The lowest BCUT2D eigenvalue weighted by atomic mass is 9.61. The molecule has 7 nitrogen and oxygen atoms in total. The van der Waals surface area contributed by atoms with Crippen LogP contribution in [0, 0.1) is 28.4 Å². The Labute approximate surface area is 228 Å². The second-order valence-electron chi connectivity index (χ2n) is 12.1. The van der Waals surface area contributed by atoms with Crippen LogP contribution in [0.1, 0.15) is 98.2 Å². The van der Waals surface area contributed by atoms with Crippen LogP contribution in [0.2, 0.25) is 0 Å². The highest BCUT2D eigenvalue weighted by Gasteiger charge is 2.46. The van der Waals surface area contributed by atoms with Crippen molar-refractivity contribution < 1.29 is 41.4 Å². The molecule has 1 unspecified atom stereocenters. The van der Waals surface area contributed by atoms with E-state index >= 15 is 0 Å². The molecular formula is C28H32F5N3O4. The number of alkyl halides is 3. The van der Waals surface area contributed by atoms with E-state index in [1.54, 1.807) is 6.92 Å². The van der Waals surface area contributed by atoms with Crippen molar-refractivity contribution in [1.29, 1.82) is 0 Å². The molecular weight excluding hydrogens is 537 g/mol. The van der Waals surface area contributed by atoms with E-state index in [0.717, 1.165) is 29.1 Å². The normalized spacial score (nSPS) is 23.8. The number of ketones is 1. The number of hydrogen-bond acceptors (Lipinski definition) is 4. The molecule has 2 fully saturated rings. The van der Waals surface area contributed by atoms with Crippen molar-refractivity contribution in [3.8, 4) is 0 Å². The average Bonchev–Trinajstić information content (AvgIpc) is 3.28. The quantitative estimate of drug-likeness (QED) is 0.292. The summed E-state index contributed by atoms with van der Waals surface area (Å²) < 4.78 is 72.0. The van der Waals surface area contributed by atoms with Gasteiger partial charge in [0.25, 0.3) is 5.91 Å². The third-order valence-electron chi connectivity index (χ3n) is 8.39. The zero-order valence-electron chi connectivity index (χ0n) is 22.4. The molecule has 1 amide bonds. The van der Waals surface area contributed by atoms with Crippen LogP contribution in [-0.4, -0.2) is 38.6 Å². The lowest BCUT2D eigenvalue weighted by Gasteiger charge is -2.46. The molecule has 0 radical (unpaired) electrons. The van der Waals surface area contributed by atoms with E-state index in [2.05, 4.69) is 10.4 Å². The summed E-state index contributed by atoms with van der Waals surface area (Å²) >= 11 is 0. The highest BCUT2D eigenvalue weighted by molar-refractivity contribution is 5.99. The van der Waals surface area contributed by atoms with Crippen molar-refractivity contribution in [2.45, 2.75) is 84.0 Å². The van der Waals surface area contributed by atoms with Crippen LogP contribution in [-0.2, 0) is 11.0 Å². The molecule has 2 aliphatic rings. The van der Waals surface area contributed by atoms with Crippen molar-refractivity contribution in [3.05, 3.63) is 52.9 Å². The first-order chi connectivity index (χ1) is 18.5. The van der Waals surface area contributed by atoms with Crippen molar-refractivity contribution in [3.63, 3.8) is 0 Å². The molecule has 2 N–H and O–H groups in total. The van der Waals surface area contributed by atoms with Gasteiger partial charge in [-0.05, 0) is 68.9 Å². The van der Waals surface area contributed by atoms with Crippen molar-refractivity contribution in [1.82, 2.24) is 15.1 Å². The number of halogens is 5. The molecule has 0 aliphatic heterocycles. The Balaban J connectivity index is 1.59.